The first-order chi connectivity index (χ1) is 36.1. The number of furan rings is 2. The van der Waals surface area contributed by atoms with Gasteiger partial charge in [0.25, 0.3) is 0 Å². The molecule has 0 spiro atoms. The van der Waals surface area contributed by atoms with Crippen molar-refractivity contribution in [3.63, 3.8) is 0 Å². The first-order valence-electron chi connectivity index (χ1n) is 25.4. The van der Waals surface area contributed by atoms with E-state index in [1.807, 2.05) is 115 Å². The van der Waals surface area contributed by atoms with Gasteiger partial charge in [-0.1, -0.05) is 164 Å². The lowest BCUT2D eigenvalue weighted by molar-refractivity contribution is 0.669. The number of nitrogens with zero attached hydrogens (tertiary/aromatic N) is 4. The van der Waals surface area contributed by atoms with Gasteiger partial charge in [-0.3, -0.25) is 0 Å². The Morgan fingerprint density at radius 2 is 0.940 bits per heavy atom. The monoisotopic (exact) mass is 863 g/mol. The van der Waals surface area contributed by atoms with Gasteiger partial charge in [-0.15, -0.1) is 0 Å². The summed E-state index contributed by atoms with van der Waals surface area (Å²) < 4.78 is 77.0. The van der Waals surface area contributed by atoms with Crippen LogP contribution in [0.5, 0.6) is 0 Å². The molecule has 6 heteroatoms. The molecule has 14 aromatic rings. The lowest BCUT2D eigenvalue weighted by Crippen LogP contribution is -2.03. The zero-order chi connectivity index (χ0) is 50.1. The van der Waals surface area contributed by atoms with Crippen LogP contribution in [0.2, 0.25) is 0 Å². The second kappa shape index (κ2) is 14.7. The third-order valence-corrected chi connectivity index (χ3v) is 12.8. The Morgan fingerprint density at radius 3 is 1.79 bits per heavy atom. The van der Waals surface area contributed by atoms with E-state index in [9.17, 15) is 2.74 Å². The zero-order valence-electron chi connectivity index (χ0n) is 42.3. The van der Waals surface area contributed by atoms with Gasteiger partial charge in [0.1, 0.15) is 22.3 Å². The van der Waals surface area contributed by atoms with Gasteiger partial charge < -0.3 is 13.4 Å². The van der Waals surface area contributed by atoms with Gasteiger partial charge in [-0.25, -0.2) is 15.0 Å². The Morgan fingerprint density at radius 1 is 0.358 bits per heavy atom. The summed E-state index contributed by atoms with van der Waals surface area (Å²) in [4.78, 5) is 15.5. The van der Waals surface area contributed by atoms with Crippen LogP contribution in [0.4, 0.5) is 0 Å². The summed E-state index contributed by atoms with van der Waals surface area (Å²) in [5, 5.41) is 6.26. The van der Waals surface area contributed by atoms with Gasteiger partial charge in [-0.05, 0) is 76.4 Å². The Bertz CT molecular complexity index is 4730. The first kappa shape index (κ1) is 30.9. The Kier molecular flexibility index (Phi) is 6.77. The number of rotatable bonds is 6. The van der Waals surface area contributed by atoms with Gasteiger partial charge in [0.05, 0.1) is 26.3 Å². The molecular weight excluding hydrogens is 821 g/mol. The van der Waals surface area contributed by atoms with Crippen molar-refractivity contribution < 1.29 is 18.4 Å². The van der Waals surface area contributed by atoms with Gasteiger partial charge >= 0.3 is 0 Å². The molecular formula is C61H36N4O2. The standard InChI is InChI=1S/C61H36N4O2/c1-2-15-38-34-42(31-30-37(38)14-1)60-62-59(63-61(64-60)50-21-5-9-28-54(50)65-52-26-7-3-18-45(52)46-19-4-8-27-53(46)65)41-17-11-16-39(35-41)43-22-13-25-49-51-36-40(32-33-56(51)67-58(43)49)44-23-12-24-48-47-20-6-10-29-55(47)66-57(44)48/h1-36H/i3D,4D,7D,18D,19D,26D,27D. The van der Waals surface area contributed by atoms with Crippen LogP contribution >= 0.6 is 0 Å². The third kappa shape index (κ3) is 5.93. The Labute approximate surface area is 393 Å². The van der Waals surface area contributed by atoms with E-state index in [-0.39, 0.29) is 57.8 Å². The maximum absolute atomic E-state index is 9.21. The largest absolute Gasteiger partial charge is 0.455 e. The highest BCUT2D eigenvalue weighted by Gasteiger charge is 2.21. The summed E-state index contributed by atoms with van der Waals surface area (Å²) >= 11 is 0. The molecule has 312 valence electrons. The minimum Gasteiger partial charge on any atom is -0.455 e. The second-order valence-electron chi connectivity index (χ2n) is 16.6. The fourth-order valence-corrected chi connectivity index (χ4v) is 9.64. The van der Waals surface area contributed by atoms with E-state index in [1.54, 1.807) is 16.7 Å². The van der Waals surface area contributed by atoms with Crippen LogP contribution in [-0.2, 0) is 0 Å². The fraction of sp³-hybridized carbons (Fsp3) is 0. The van der Waals surface area contributed by atoms with E-state index < -0.39 is 12.1 Å². The van der Waals surface area contributed by atoms with Crippen LogP contribution in [0.3, 0.4) is 0 Å². The lowest BCUT2D eigenvalue weighted by atomic mass is 9.98. The molecule has 0 unspecified atom stereocenters. The molecule has 0 bridgehead atoms. The van der Waals surface area contributed by atoms with Crippen molar-refractivity contribution in [1.29, 1.82) is 0 Å². The third-order valence-electron chi connectivity index (χ3n) is 12.8. The van der Waals surface area contributed by atoms with Crippen molar-refractivity contribution in [3.05, 3.63) is 218 Å². The number of fused-ring (bicyclic) bond motifs is 10. The highest BCUT2D eigenvalue weighted by atomic mass is 16.3. The maximum Gasteiger partial charge on any atom is 0.166 e. The van der Waals surface area contributed by atoms with Crippen molar-refractivity contribution in [2.75, 3.05) is 0 Å². The van der Waals surface area contributed by atoms with Crippen LogP contribution in [-0.4, -0.2) is 19.5 Å². The number of para-hydroxylation sites is 6. The minimum absolute atomic E-state index is 0.0543. The van der Waals surface area contributed by atoms with Gasteiger partial charge in [0.15, 0.2) is 17.5 Å². The van der Waals surface area contributed by atoms with Gasteiger partial charge in [0.2, 0.25) is 0 Å². The van der Waals surface area contributed by atoms with Crippen LogP contribution in [0.25, 0.3) is 139 Å². The zero-order valence-corrected chi connectivity index (χ0v) is 35.3. The van der Waals surface area contributed by atoms with E-state index in [1.165, 1.54) is 6.07 Å². The first-order valence-corrected chi connectivity index (χ1v) is 21.9. The van der Waals surface area contributed by atoms with Crippen molar-refractivity contribution >= 4 is 76.5 Å². The van der Waals surface area contributed by atoms with Crippen molar-refractivity contribution in [2.45, 2.75) is 0 Å². The summed E-state index contributed by atoms with van der Waals surface area (Å²) in [5.41, 5.74) is 9.47. The number of benzene rings is 10. The molecule has 0 aliphatic heterocycles. The van der Waals surface area contributed by atoms with Crippen LogP contribution in [0.15, 0.2) is 227 Å². The maximum atomic E-state index is 9.21. The SMILES string of the molecule is [2H]c1cc([2H])c2c(c1[2H])c1c([2H])c([2H])c([2H])c([2H])c1n2-c1ccccc1-c1nc(-c2cccc(-c3cccc4c3oc3ccc(-c5cccc6c5oc5ccccc56)cc34)c2)nc(-c2ccc3ccccc3c2)n1. The molecule has 6 nitrogen and oxygen atoms in total. The predicted octanol–water partition coefficient (Wildman–Crippen LogP) is 16.3. The molecule has 14 rings (SSSR count). The molecule has 0 radical (unpaired) electrons. The molecule has 0 atom stereocenters. The Balaban J connectivity index is 0.949. The van der Waals surface area contributed by atoms with E-state index in [2.05, 4.69) is 42.5 Å². The molecule has 67 heavy (non-hydrogen) atoms. The van der Waals surface area contributed by atoms with Crippen LogP contribution in [0, 0.1) is 0 Å². The average Bonchev–Trinajstić information content (AvgIpc) is 4.14. The molecule has 4 heterocycles. The molecule has 0 fully saturated rings. The summed E-state index contributed by atoms with van der Waals surface area (Å²) in [6, 6.07) is 55.1. The number of hydrogen-bond donors (Lipinski definition) is 0. The van der Waals surface area contributed by atoms with Crippen molar-refractivity contribution in [3.8, 4) is 62.1 Å². The predicted molar refractivity (Wildman–Crippen MR) is 273 cm³/mol. The molecule has 0 amide bonds. The highest BCUT2D eigenvalue weighted by molar-refractivity contribution is 6.14. The number of aromatic nitrogens is 4. The topological polar surface area (TPSA) is 69.9 Å². The smallest absolute Gasteiger partial charge is 0.166 e. The molecule has 0 N–H and O–H groups in total. The summed E-state index contributed by atoms with van der Waals surface area (Å²) in [7, 11) is 0. The van der Waals surface area contributed by atoms with Crippen molar-refractivity contribution in [2.24, 2.45) is 0 Å². The van der Waals surface area contributed by atoms with E-state index in [4.69, 9.17) is 30.6 Å². The normalized spacial score (nSPS) is 13.3. The second-order valence-corrected chi connectivity index (χ2v) is 16.6. The van der Waals surface area contributed by atoms with Gasteiger partial charge in [-0.2, -0.15) is 0 Å². The molecule has 0 aliphatic carbocycles. The van der Waals surface area contributed by atoms with Crippen LogP contribution < -0.4 is 0 Å². The van der Waals surface area contributed by atoms with E-state index >= 15 is 0 Å². The summed E-state index contributed by atoms with van der Waals surface area (Å²) in [5.74, 6) is 1.02. The molecule has 0 saturated carbocycles. The van der Waals surface area contributed by atoms with Gasteiger partial charge in [0, 0.05) is 60.1 Å². The molecule has 10 aromatic carbocycles. The quantitative estimate of drug-likeness (QED) is 0.167. The molecule has 4 aromatic heterocycles. The fourth-order valence-electron chi connectivity index (χ4n) is 9.64. The highest BCUT2D eigenvalue weighted by Crippen LogP contribution is 2.42. The minimum atomic E-state index is -0.473. The molecule has 0 saturated heterocycles. The van der Waals surface area contributed by atoms with E-state index in [0.717, 1.165) is 82.5 Å². The summed E-state index contributed by atoms with van der Waals surface area (Å²) in [6.07, 6.45) is 0. The average molecular weight is 864 g/mol. The summed E-state index contributed by atoms with van der Waals surface area (Å²) in [6.45, 7) is 0. The molecule has 0 aliphatic rings. The number of hydrogen-bond acceptors (Lipinski definition) is 5. The Hall–Kier alpha value is -9.13. The lowest BCUT2D eigenvalue weighted by Gasteiger charge is -2.15. The van der Waals surface area contributed by atoms with Crippen LogP contribution in [0.1, 0.15) is 9.60 Å². The van der Waals surface area contributed by atoms with E-state index in [0.29, 0.717) is 28.5 Å². The van der Waals surface area contributed by atoms with Crippen molar-refractivity contribution in [1.82, 2.24) is 19.5 Å².